The van der Waals surface area contributed by atoms with E-state index in [9.17, 15) is 9.18 Å². The molecule has 0 N–H and O–H groups in total. The number of carbonyl (C=O) groups is 1. The number of benzene rings is 1. The second-order valence-electron chi connectivity index (χ2n) is 5.73. The minimum absolute atomic E-state index is 0.000867. The van der Waals surface area contributed by atoms with Gasteiger partial charge in [-0.15, -0.1) is 0 Å². The Morgan fingerprint density at radius 1 is 1.14 bits per heavy atom. The fourth-order valence-electron chi connectivity index (χ4n) is 2.44. The number of halogens is 1. The monoisotopic (exact) mass is 290 g/mol. The van der Waals surface area contributed by atoms with Gasteiger partial charge in [0, 0.05) is 38.3 Å². The summed E-state index contributed by atoms with van der Waals surface area (Å²) >= 11 is 0. The Kier molecular flexibility index (Phi) is 5.51. The van der Waals surface area contributed by atoms with Gasteiger partial charge in [-0.05, 0) is 44.5 Å². The maximum atomic E-state index is 12.9. The van der Waals surface area contributed by atoms with E-state index in [-0.39, 0.29) is 11.7 Å². The van der Waals surface area contributed by atoms with Gasteiger partial charge >= 0.3 is 0 Å². The van der Waals surface area contributed by atoms with Gasteiger partial charge in [-0.25, -0.2) is 4.39 Å². The summed E-state index contributed by atoms with van der Waals surface area (Å²) in [7, 11) is 0. The highest BCUT2D eigenvalue weighted by molar-refractivity contribution is 5.94. The molecule has 1 fully saturated rings. The molecule has 0 bridgehead atoms. The molecule has 0 unspecified atom stereocenters. The van der Waals surface area contributed by atoms with Crippen molar-refractivity contribution in [2.24, 2.45) is 0 Å². The normalized spacial score (nSPS) is 16.4. The van der Waals surface area contributed by atoms with Crippen LogP contribution in [-0.4, -0.2) is 48.4 Å². The molecule has 21 heavy (non-hydrogen) atoms. The van der Waals surface area contributed by atoms with E-state index in [1.54, 1.807) is 12.1 Å². The summed E-state index contributed by atoms with van der Waals surface area (Å²) in [6, 6.07) is 5.80. The zero-order valence-corrected chi connectivity index (χ0v) is 12.8. The smallest absolute Gasteiger partial charge is 0.253 e. The second-order valence-corrected chi connectivity index (χ2v) is 5.73. The maximum absolute atomic E-state index is 12.9. The summed E-state index contributed by atoms with van der Waals surface area (Å²) in [6.07, 6.45) is 3.20. The van der Waals surface area contributed by atoms with Crippen LogP contribution < -0.4 is 0 Å². The van der Waals surface area contributed by atoms with Gasteiger partial charge in [0.05, 0.1) is 0 Å². The van der Waals surface area contributed by atoms with Crippen LogP contribution in [0.5, 0.6) is 0 Å². The van der Waals surface area contributed by atoms with Crippen molar-refractivity contribution in [3.8, 4) is 0 Å². The highest BCUT2D eigenvalue weighted by Gasteiger charge is 2.19. The number of carbonyl (C=O) groups excluding carboxylic acids is 1. The molecule has 1 aromatic carbocycles. The van der Waals surface area contributed by atoms with E-state index in [1.165, 1.54) is 17.7 Å². The first-order valence-electron chi connectivity index (χ1n) is 7.47. The van der Waals surface area contributed by atoms with Gasteiger partial charge in [0.2, 0.25) is 0 Å². The molecule has 0 aromatic heterocycles. The molecule has 1 amide bonds. The maximum Gasteiger partial charge on any atom is 0.253 e. The van der Waals surface area contributed by atoms with Gasteiger partial charge in [0.25, 0.3) is 5.91 Å². The largest absolute Gasteiger partial charge is 0.337 e. The molecule has 1 saturated heterocycles. The minimum Gasteiger partial charge on any atom is -0.337 e. The first-order valence-corrected chi connectivity index (χ1v) is 7.47. The zero-order valence-electron chi connectivity index (χ0n) is 12.8. The van der Waals surface area contributed by atoms with Crippen LogP contribution in [0.2, 0.25) is 0 Å². The molecule has 1 aromatic rings. The zero-order chi connectivity index (χ0) is 15.2. The molecule has 4 heteroatoms. The van der Waals surface area contributed by atoms with Gasteiger partial charge in [0.15, 0.2) is 0 Å². The number of allylic oxidation sites excluding steroid dienone is 1. The molecule has 0 spiro atoms. The van der Waals surface area contributed by atoms with Crippen LogP contribution in [0.4, 0.5) is 4.39 Å². The third-order valence-electron chi connectivity index (χ3n) is 3.72. The minimum atomic E-state index is -0.310. The van der Waals surface area contributed by atoms with Crippen molar-refractivity contribution in [1.29, 1.82) is 0 Å². The summed E-state index contributed by atoms with van der Waals surface area (Å²) < 4.78 is 12.9. The molecule has 0 saturated carbocycles. The van der Waals surface area contributed by atoms with Crippen LogP contribution in [0.1, 0.15) is 30.6 Å². The third kappa shape index (κ3) is 4.67. The van der Waals surface area contributed by atoms with Crippen molar-refractivity contribution in [3.63, 3.8) is 0 Å². The van der Waals surface area contributed by atoms with Crippen molar-refractivity contribution >= 4 is 5.91 Å². The standard InChI is InChI=1S/C17H23FN2O/c1-14(2)8-11-19-9-3-10-20(13-12-19)17(21)15-4-6-16(18)7-5-15/h4-8H,3,9-13H2,1-2H3. The summed E-state index contributed by atoms with van der Waals surface area (Å²) in [5.74, 6) is -0.311. The number of amides is 1. The van der Waals surface area contributed by atoms with Crippen molar-refractivity contribution in [3.05, 3.63) is 47.3 Å². The Bertz CT molecular complexity index is 506. The summed E-state index contributed by atoms with van der Waals surface area (Å²) in [5.41, 5.74) is 1.88. The van der Waals surface area contributed by atoms with Crippen LogP contribution in [0.3, 0.4) is 0 Å². The molecule has 0 radical (unpaired) electrons. The highest BCUT2D eigenvalue weighted by atomic mass is 19.1. The Balaban J connectivity index is 1.94. The van der Waals surface area contributed by atoms with Crippen LogP contribution in [0.15, 0.2) is 35.9 Å². The van der Waals surface area contributed by atoms with Crippen molar-refractivity contribution in [2.75, 3.05) is 32.7 Å². The van der Waals surface area contributed by atoms with Crippen LogP contribution in [-0.2, 0) is 0 Å². The predicted molar refractivity (Wildman–Crippen MR) is 82.8 cm³/mol. The number of hydrogen-bond acceptors (Lipinski definition) is 2. The average molecular weight is 290 g/mol. The SMILES string of the molecule is CC(C)=CCN1CCCN(C(=O)c2ccc(F)cc2)CC1. The average Bonchev–Trinajstić information content (AvgIpc) is 2.70. The summed E-state index contributed by atoms with van der Waals surface area (Å²) in [6.45, 7) is 8.54. The van der Waals surface area contributed by atoms with E-state index >= 15 is 0 Å². The molecular formula is C17H23FN2O. The van der Waals surface area contributed by atoms with Crippen LogP contribution in [0, 0.1) is 5.82 Å². The molecule has 1 heterocycles. The van der Waals surface area contributed by atoms with E-state index in [4.69, 9.17) is 0 Å². The van der Waals surface area contributed by atoms with Crippen LogP contribution in [0.25, 0.3) is 0 Å². The highest BCUT2D eigenvalue weighted by Crippen LogP contribution is 2.10. The van der Waals surface area contributed by atoms with E-state index < -0.39 is 0 Å². The molecule has 0 aliphatic carbocycles. The Morgan fingerprint density at radius 3 is 2.52 bits per heavy atom. The van der Waals surface area contributed by atoms with E-state index in [2.05, 4.69) is 24.8 Å². The number of rotatable bonds is 3. The predicted octanol–water partition coefficient (Wildman–Crippen LogP) is 2.94. The van der Waals surface area contributed by atoms with Gasteiger partial charge in [-0.1, -0.05) is 11.6 Å². The molecule has 1 aliphatic rings. The lowest BCUT2D eigenvalue weighted by Gasteiger charge is -2.21. The van der Waals surface area contributed by atoms with Crippen molar-refractivity contribution < 1.29 is 9.18 Å². The second kappa shape index (κ2) is 7.36. The molecular weight excluding hydrogens is 267 g/mol. The van der Waals surface area contributed by atoms with Crippen molar-refractivity contribution in [1.82, 2.24) is 9.80 Å². The third-order valence-corrected chi connectivity index (χ3v) is 3.72. The quantitative estimate of drug-likeness (QED) is 0.799. The fourth-order valence-corrected chi connectivity index (χ4v) is 2.44. The van der Waals surface area contributed by atoms with Gasteiger partial charge < -0.3 is 4.90 Å². The Hall–Kier alpha value is -1.68. The van der Waals surface area contributed by atoms with Gasteiger partial charge in [-0.3, -0.25) is 9.69 Å². The first-order chi connectivity index (χ1) is 10.1. The van der Waals surface area contributed by atoms with Gasteiger partial charge in [0.1, 0.15) is 5.82 Å². The number of hydrogen-bond donors (Lipinski definition) is 0. The number of nitrogens with zero attached hydrogens (tertiary/aromatic N) is 2. The van der Waals surface area contributed by atoms with E-state index in [0.717, 1.165) is 39.1 Å². The van der Waals surface area contributed by atoms with Crippen molar-refractivity contribution in [2.45, 2.75) is 20.3 Å². The first kappa shape index (κ1) is 15.7. The lowest BCUT2D eigenvalue weighted by molar-refractivity contribution is 0.0762. The lowest BCUT2D eigenvalue weighted by Crippen LogP contribution is -2.35. The molecule has 2 rings (SSSR count). The fraction of sp³-hybridized carbons (Fsp3) is 0.471. The molecule has 0 atom stereocenters. The van der Waals surface area contributed by atoms with Crippen LogP contribution >= 0.6 is 0 Å². The molecule has 114 valence electrons. The summed E-state index contributed by atoms with van der Waals surface area (Å²) in [4.78, 5) is 16.6. The molecule has 3 nitrogen and oxygen atoms in total. The summed E-state index contributed by atoms with van der Waals surface area (Å²) in [5, 5.41) is 0. The molecule has 1 aliphatic heterocycles. The Morgan fingerprint density at radius 2 is 1.86 bits per heavy atom. The van der Waals surface area contributed by atoms with E-state index in [1.807, 2.05) is 4.90 Å². The van der Waals surface area contributed by atoms with Gasteiger partial charge in [-0.2, -0.15) is 0 Å². The van der Waals surface area contributed by atoms with E-state index in [0.29, 0.717) is 5.56 Å². The topological polar surface area (TPSA) is 23.6 Å². The Labute approximate surface area is 126 Å². The lowest BCUT2D eigenvalue weighted by atomic mass is 10.2.